The maximum atomic E-state index is 6.13. The van der Waals surface area contributed by atoms with E-state index in [0.29, 0.717) is 21.2 Å². The molecule has 0 aliphatic carbocycles. The maximum Gasteiger partial charge on any atom is 0.240 e. The van der Waals surface area contributed by atoms with E-state index in [0.717, 1.165) is 4.90 Å². The van der Waals surface area contributed by atoms with Crippen LogP contribution in [-0.2, 0) is 0 Å². The van der Waals surface area contributed by atoms with E-state index >= 15 is 0 Å². The highest BCUT2D eigenvalue weighted by atomic mass is 35.5. The first-order chi connectivity index (χ1) is 10.1. The van der Waals surface area contributed by atoms with Crippen molar-refractivity contribution in [3.63, 3.8) is 0 Å². The van der Waals surface area contributed by atoms with Gasteiger partial charge in [-0.1, -0.05) is 23.2 Å². The van der Waals surface area contributed by atoms with Crippen molar-refractivity contribution in [2.24, 2.45) is 0 Å². The second-order valence-electron chi connectivity index (χ2n) is 3.92. The molecule has 0 saturated carbocycles. The molecule has 6 nitrogen and oxygen atoms in total. The van der Waals surface area contributed by atoms with Crippen LogP contribution in [-0.4, -0.2) is 24.5 Å². The molecule has 0 radical (unpaired) electrons. The van der Waals surface area contributed by atoms with Crippen molar-refractivity contribution in [2.75, 3.05) is 5.73 Å². The number of nitrogen functional groups attached to an aromatic ring is 1. The lowest BCUT2D eigenvalue weighted by Crippen LogP contribution is -2.06. The summed E-state index contributed by atoms with van der Waals surface area (Å²) in [4.78, 5) is 17.2. The lowest BCUT2D eigenvalue weighted by atomic mass is 10.4. The molecule has 0 fully saturated rings. The fourth-order valence-electron chi connectivity index (χ4n) is 1.55. The number of nitrogens with two attached hydrogens (primary N) is 1. The van der Waals surface area contributed by atoms with E-state index < -0.39 is 0 Å². The Labute approximate surface area is 134 Å². The number of hydrogen-bond donors (Lipinski definition) is 1. The minimum atomic E-state index is 0.120. The van der Waals surface area contributed by atoms with Crippen molar-refractivity contribution in [1.29, 1.82) is 0 Å². The third-order valence-corrected chi connectivity index (χ3v) is 4.05. The fraction of sp³-hybridized carbons (Fsp3) is 0. The van der Waals surface area contributed by atoms with Gasteiger partial charge in [0.25, 0.3) is 0 Å². The van der Waals surface area contributed by atoms with Crippen molar-refractivity contribution in [2.45, 2.75) is 10.1 Å². The minimum Gasteiger partial charge on any atom is -0.368 e. The maximum absolute atomic E-state index is 6.13. The van der Waals surface area contributed by atoms with Gasteiger partial charge in [0, 0.05) is 22.3 Å². The molecule has 2 N–H and O–H groups in total. The van der Waals surface area contributed by atoms with Gasteiger partial charge in [0.1, 0.15) is 6.33 Å². The van der Waals surface area contributed by atoms with Gasteiger partial charge < -0.3 is 5.73 Å². The van der Waals surface area contributed by atoms with Crippen LogP contribution < -0.4 is 5.73 Å². The number of nitrogens with zero attached hydrogens (tertiary/aromatic N) is 5. The minimum absolute atomic E-state index is 0.120. The van der Waals surface area contributed by atoms with Crippen LogP contribution in [0.2, 0.25) is 10.0 Å². The molecule has 0 aliphatic rings. The molecule has 21 heavy (non-hydrogen) atoms. The molecule has 0 bridgehead atoms. The summed E-state index contributed by atoms with van der Waals surface area (Å²) in [6.45, 7) is 0. The fourth-order valence-corrected chi connectivity index (χ4v) is 2.84. The molecular weight excluding hydrogens is 331 g/mol. The quantitative estimate of drug-likeness (QED) is 0.790. The highest BCUT2D eigenvalue weighted by molar-refractivity contribution is 7.99. The van der Waals surface area contributed by atoms with E-state index in [9.17, 15) is 0 Å². The molecule has 106 valence electrons. The Morgan fingerprint density at radius 1 is 1.14 bits per heavy atom. The molecule has 0 spiro atoms. The molecule has 0 unspecified atom stereocenters. The lowest BCUT2D eigenvalue weighted by molar-refractivity contribution is 0.832. The molecular formula is C12H8Cl2N6S. The van der Waals surface area contributed by atoms with Gasteiger partial charge in [-0.25, -0.2) is 4.98 Å². The Bertz CT molecular complexity index is 777. The van der Waals surface area contributed by atoms with Gasteiger partial charge in [-0.15, -0.1) is 0 Å². The van der Waals surface area contributed by atoms with Crippen molar-refractivity contribution in [3.8, 4) is 5.95 Å². The number of hydrogen-bond acceptors (Lipinski definition) is 6. The Kier molecular flexibility index (Phi) is 3.96. The molecule has 0 saturated heterocycles. The summed E-state index contributed by atoms with van der Waals surface area (Å²) in [6.07, 6.45) is 4.92. The lowest BCUT2D eigenvalue weighted by Gasteiger charge is -2.06. The van der Waals surface area contributed by atoms with Crippen molar-refractivity contribution >= 4 is 40.9 Å². The molecule has 0 aliphatic heterocycles. The Morgan fingerprint density at radius 2 is 2.00 bits per heavy atom. The smallest absolute Gasteiger partial charge is 0.240 e. The van der Waals surface area contributed by atoms with E-state index in [-0.39, 0.29) is 5.95 Å². The van der Waals surface area contributed by atoms with Gasteiger partial charge in [0.15, 0.2) is 5.16 Å². The van der Waals surface area contributed by atoms with Gasteiger partial charge in [0.05, 0.1) is 5.02 Å². The van der Waals surface area contributed by atoms with E-state index in [1.54, 1.807) is 41.5 Å². The highest BCUT2D eigenvalue weighted by Gasteiger charge is 2.10. The van der Waals surface area contributed by atoms with Crippen molar-refractivity contribution in [1.82, 2.24) is 24.5 Å². The van der Waals surface area contributed by atoms with Crippen molar-refractivity contribution in [3.05, 3.63) is 47.0 Å². The van der Waals surface area contributed by atoms with E-state index in [1.807, 2.05) is 0 Å². The monoisotopic (exact) mass is 338 g/mol. The second-order valence-corrected chi connectivity index (χ2v) is 5.78. The third kappa shape index (κ3) is 3.26. The highest BCUT2D eigenvalue weighted by Crippen LogP contribution is 2.33. The summed E-state index contributed by atoms with van der Waals surface area (Å²) in [7, 11) is 0. The topological polar surface area (TPSA) is 82.5 Å². The summed E-state index contributed by atoms with van der Waals surface area (Å²) in [5, 5.41) is 1.57. The number of halogens is 2. The second kappa shape index (κ2) is 5.88. The van der Waals surface area contributed by atoms with Crippen LogP contribution in [0.25, 0.3) is 5.95 Å². The summed E-state index contributed by atoms with van der Waals surface area (Å²) in [5.74, 6) is 0.509. The first kappa shape index (κ1) is 14.1. The molecule has 0 amide bonds. The molecule has 2 heterocycles. The predicted octanol–water partition coefficient (Wildman–Crippen LogP) is 3.10. The largest absolute Gasteiger partial charge is 0.368 e. The van der Waals surface area contributed by atoms with Crippen LogP contribution in [0.3, 0.4) is 0 Å². The van der Waals surface area contributed by atoms with Crippen molar-refractivity contribution < 1.29 is 0 Å². The number of imidazole rings is 1. The average molecular weight is 339 g/mol. The summed E-state index contributed by atoms with van der Waals surface area (Å²) >= 11 is 13.4. The SMILES string of the molecule is Nc1nc(Sc2cc(Cl)ccc2Cl)nc(-n2ccnc2)n1. The first-order valence-electron chi connectivity index (χ1n) is 5.74. The van der Waals surface area contributed by atoms with Crippen LogP contribution >= 0.6 is 35.0 Å². The normalized spacial score (nSPS) is 10.8. The number of benzene rings is 1. The predicted molar refractivity (Wildman–Crippen MR) is 81.9 cm³/mol. The number of anilines is 1. The van der Waals surface area contributed by atoms with Crippen LogP contribution in [0, 0.1) is 0 Å². The average Bonchev–Trinajstić information content (AvgIpc) is 2.96. The third-order valence-electron chi connectivity index (χ3n) is 2.45. The van der Waals surface area contributed by atoms with Gasteiger partial charge in [0.2, 0.25) is 11.9 Å². The first-order valence-corrected chi connectivity index (χ1v) is 7.32. The zero-order valence-electron chi connectivity index (χ0n) is 10.4. The Morgan fingerprint density at radius 3 is 2.76 bits per heavy atom. The standard InChI is InChI=1S/C12H8Cl2N6S/c13-7-1-2-8(14)9(5-7)21-12-18-10(15)17-11(19-12)20-4-3-16-6-20/h1-6H,(H2,15,17,18,19). The summed E-state index contributed by atoms with van der Waals surface area (Å²) in [6, 6.07) is 5.17. The van der Waals surface area contributed by atoms with Gasteiger partial charge >= 0.3 is 0 Å². The van der Waals surface area contributed by atoms with Crippen LogP contribution in [0.15, 0.2) is 47.0 Å². The van der Waals surface area contributed by atoms with E-state index in [4.69, 9.17) is 28.9 Å². The van der Waals surface area contributed by atoms with Crippen LogP contribution in [0.5, 0.6) is 0 Å². The zero-order chi connectivity index (χ0) is 14.8. The molecule has 3 aromatic rings. The van der Waals surface area contributed by atoms with Gasteiger partial charge in [-0.05, 0) is 30.0 Å². The Hall–Kier alpha value is -1.83. The van der Waals surface area contributed by atoms with Gasteiger partial charge in [-0.3, -0.25) is 4.57 Å². The zero-order valence-corrected chi connectivity index (χ0v) is 12.8. The van der Waals surface area contributed by atoms with Gasteiger partial charge in [-0.2, -0.15) is 15.0 Å². The molecule has 2 aromatic heterocycles. The Balaban J connectivity index is 1.97. The number of aromatic nitrogens is 5. The van der Waals surface area contributed by atoms with E-state index in [2.05, 4.69) is 19.9 Å². The summed E-state index contributed by atoms with van der Waals surface area (Å²) in [5.41, 5.74) is 5.72. The van der Waals surface area contributed by atoms with Crippen LogP contribution in [0.1, 0.15) is 0 Å². The summed E-state index contributed by atoms with van der Waals surface area (Å²) < 4.78 is 1.64. The van der Waals surface area contributed by atoms with Crippen LogP contribution in [0.4, 0.5) is 5.95 Å². The molecule has 3 rings (SSSR count). The van der Waals surface area contributed by atoms with E-state index in [1.165, 1.54) is 11.8 Å². The molecule has 9 heteroatoms. The molecule has 1 aromatic carbocycles. The number of rotatable bonds is 3. The molecule has 0 atom stereocenters.